The minimum absolute atomic E-state index is 0.0405. The van der Waals surface area contributed by atoms with Crippen LogP contribution in [0.15, 0.2) is 54.6 Å². The molecule has 0 atom stereocenters. The van der Waals surface area contributed by atoms with Crippen molar-refractivity contribution in [2.75, 3.05) is 6.54 Å². The molecule has 1 N–H and O–H groups in total. The SMILES string of the molecule is CC(C)c1ccc(CN(C(=O)CCNC(=O)Cc2ccccc2)C2CC2)cc1. The van der Waals surface area contributed by atoms with Crippen molar-refractivity contribution in [1.82, 2.24) is 10.2 Å². The van der Waals surface area contributed by atoms with E-state index in [1.165, 1.54) is 5.56 Å². The van der Waals surface area contributed by atoms with Gasteiger partial charge in [-0.3, -0.25) is 9.59 Å². The molecule has 4 nitrogen and oxygen atoms in total. The maximum absolute atomic E-state index is 12.7. The average molecular weight is 379 g/mol. The largest absolute Gasteiger partial charge is 0.355 e. The van der Waals surface area contributed by atoms with Gasteiger partial charge in [0.2, 0.25) is 11.8 Å². The third-order valence-corrected chi connectivity index (χ3v) is 5.18. The van der Waals surface area contributed by atoms with E-state index in [-0.39, 0.29) is 11.8 Å². The second-order valence-electron chi connectivity index (χ2n) is 7.91. The van der Waals surface area contributed by atoms with Crippen molar-refractivity contribution in [3.05, 3.63) is 71.3 Å². The lowest BCUT2D eigenvalue weighted by molar-refractivity contribution is -0.132. The molecular formula is C24H30N2O2. The molecule has 2 aromatic carbocycles. The molecule has 0 aliphatic heterocycles. The predicted octanol–water partition coefficient (Wildman–Crippen LogP) is 4.05. The van der Waals surface area contributed by atoms with Gasteiger partial charge >= 0.3 is 0 Å². The Morgan fingerprint density at radius 3 is 2.29 bits per heavy atom. The lowest BCUT2D eigenvalue weighted by atomic mass is 10.0. The Kier molecular flexibility index (Phi) is 6.85. The predicted molar refractivity (Wildman–Crippen MR) is 112 cm³/mol. The summed E-state index contributed by atoms with van der Waals surface area (Å²) in [7, 11) is 0. The first-order valence-electron chi connectivity index (χ1n) is 10.2. The molecule has 148 valence electrons. The standard InChI is InChI=1S/C24H30N2O2/c1-18(2)21-10-8-20(9-11-21)17-26(22-12-13-22)24(28)14-15-25-23(27)16-19-6-4-3-5-7-19/h3-11,18,22H,12-17H2,1-2H3,(H,25,27). The van der Waals surface area contributed by atoms with Crippen molar-refractivity contribution >= 4 is 11.8 Å². The van der Waals surface area contributed by atoms with Crippen molar-refractivity contribution in [2.45, 2.75) is 58.0 Å². The van der Waals surface area contributed by atoms with Gasteiger partial charge in [0.05, 0.1) is 6.42 Å². The van der Waals surface area contributed by atoms with Gasteiger partial charge in [-0.15, -0.1) is 0 Å². The topological polar surface area (TPSA) is 49.4 Å². The van der Waals surface area contributed by atoms with Gasteiger partial charge < -0.3 is 10.2 Å². The molecule has 1 saturated carbocycles. The summed E-state index contributed by atoms with van der Waals surface area (Å²) < 4.78 is 0. The van der Waals surface area contributed by atoms with E-state index in [4.69, 9.17) is 0 Å². The highest BCUT2D eigenvalue weighted by Crippen LogP contribution is 2.29. The Labute approximate surface area is 167 Å². The zero-order valence-electron chi connectivity index (χ0n) is 16.9. The number of carbonyl (C=O) groups excluding carboxylic acids is 2. The van der Waals surface area contributed by atoms with Gasteiger partial charge in [0, 0.05) is 25.6 Å². The molecule has 1 aliphatic carbocycles. The highest BCUT2D eigenvalue weighted by molar-refractivity contribution is 5.80. The second kappa shape index (κ2) is 9.54. The van der Waals surface area contributed by atoms with Crippen LogP contribution in [-0.4, -0.2) is 29.3 Å². The summed E-state index contributed by atoms with van der Waals surface area (Å²) in [6, 6.07) is 18.6. The second-order valence-corrected chi connectivity index (χ2v) is 7.91. The molecule has 4 heteroatoms. The molecule has 0 bridgehead atoms. The first kappa shape index (κ1) is 20.1. The third-order valence-electron chi connectivity index (χ3n) is 5.18. The molecule has 1 aliphatic rings. The fourth-order valence-corrected chi connectivity index (χ4v) is 3.31. The van der Waals surface area contributed by atoms with Crippen LogP contribution in [0.25, 0.3) is 0 Å². The van der Waals surface area contributed by atoms with Gasteiger partial charge in [-0.25, -0.2) is 0 Å². The van der Waals surface area contributed by atoms with Crippen molar-refractivity contribution in [3.63, 3.8) is 0 Å². The fraction of sp³-hybridized carbons (Fsp3) is 0.417. The molecule has 3 rings (SSSR count). The molecule has 0 spiro atoms. The average Bonchev–Trinajstić information content (AvgIpc) is 3.52. The summed E-state index contributed by atoms with van der Waals surface area (Å²) in [5.74, 6) is 0.589. The molecule has 2 amide bonds. The molecular weight excluding hydrogens is 348 g/mol. The number of hydrogen-bond acceptors (Lipinski definition) is 2. The Hall–Kier alpha value is -2.62. The van der Waals surface area contributed by atoms with Crippen LogP contribution in [-0.2, 0) is 22.6 Å². The minimum Gasteiger partial charge on any atom is -0.355 e. The molecule has 28 heavy (non-hydrogen) atoms. The van der Waals surface area contributed by atoms with Crippen LogP contribution in [0.2, 0.25) is 0 Å². The normalized spacial score (nSPS) is 13.4. The lowest BCUT2D eigenvalue weighted by Gasteiger charge is -2.23. The molecule has 0 heterocycles. The molecule has 1 fully saturated rings. The van der Waals surface area contributed by atoms with Crippen LogP contribution < -0.4 is 5.32 Å². The number of nitrogens with zero attached hydrogens (tertiary/aromatic N) is 1. The number of amides is 2. The highest BCUT2D eigenvalue weighted by atomic mass is 16.2. The molecule has 0 aromatic heterocycles. The van der Waals surface area contributed by atoms with Crippen molar-refractivity contribution in [1.29, 1.82) is 0 Å². The molecule has 0 radical (unpaired) electrons. The van der Waals surface area contributed by atoms with Crippen LogP contribution in [0.3, 0.4) is 0 Å². The summed E-state index contributed by atoms with van der Waals surface area (Å²) in [6.07, 6.45) is 2.86. The molecule has 0 unspecified atom stereocenters. The maximum atomic E-state index is 12.7. The number of carbonyl (C=O) groups is 2. The summed E-state index contributed by atoms with van der Waals surface area (Å²) in [5, 5.41) is 2.87. The van der Waals surface area contributed by atoms with E-state index in [9.17, 15) is 9.59 Å². The van der Waals surface area contributed by atoms with Crippen LogP contribution in [0, 0.1) is 0 Å². The van der Waals surface area contributed by atoms with E-state index in [2.05, 4.69) is 43.4 Å². The molecule has 0 saturated heterocycles. The van der Waals surface area contributed by atoms with Crippen molar-refractivity contribution in [2.24, 2.45) is 0 Å². The van der Waals surface area contributed by atoms with E-state index < -0.39 is 0 Å². The van der Waals surface area contributed by atoms with Crippen molar-refractivity contribution in [3.8, 4) is 0 Å². The number of nitrogens with one attached hydrogen (secondary N) is 1. The summed E-state index contributed by atoms with van der Waals surface area (Å²) >= 11 is 0. The van der Waals surface area contributed by atoms with E-state index >= 15 is 0 Å². The monoisotopic (exact) mass is 378 g/mol. The first-order valence-corrected chi connectivity index (χ1v) is 10.2. The van der Waals surface area contributed by atoms with Crippen LogP contribution in [0.1, 0.15) is 55.7 Å². The zero-order valence-corrected chi connectivity index (χ0v) is 16.9. The van der Waals surface area contributed by atoms with Gasteiger partial charge in [-0.1, -0.05) is 68.4 Å². The number of hydrogen-bond donors (Lipinski definition) is 1. The Morgan fingerprint density at radius 1 is 1.00 bits per heavy atom. The van der Waals surface area contributed by atoms with E-state index in [0.717, 1.165) is 24.0 Å². The Bertz CT molecular complexity index is 780. The van der Waals surface area contributed by atoms with Gasteiger partial charge in [-0.05, 0) is 35.4 Å². The Balaban J connectivity index is 1.47. The van der Waals surface area contributed by atoms with E-state index in [0.29, 0.717) is 37.9 Å². The highest BCUT2D eigenvalue weighted by Gasteiger charge is 2.32. The number of rotatable bonds is 9. The van der Waals surface area contributed by atoms with Gasteiger partial charge in [0.25, 0.3) is 0 Å². The summed E-state index contributed by atoms with van der Waals surface area (Å²) in [4.78, 5) is 26.8. The Morgan fingerprint density at radius 2 is 1.68 bits per heavy atom. The van der Waals surface area contributed by atoms with Crippen LogP contribution in [0.4, 0.5) is 0 Å². The minimum atomic E-state index is -0.0405. The zero-order chi connectivity index (χ0) is 19.9. The summed E-state index contributed by atoms with van der Waals surface area (Å²) in [6.45, 7) is 5.40. The van der Waals surface area contributed by atoms with Gasteiger partial charge in [0.1, 0.15) is 0 Å². The first-order chi connectivity index (χ1) is 13.5. The van der Waals surface area contributed by atoms with Gasteiger partial charge in [0.15, 0.2) is 0 Å². The maximum Gasteiger partial charge on any atom is 0.224 e. The van der Waals surface area contributed by atoms with E-state index in [1.54, 1.807) is 0 Å². The number of benzene rings is 2. The quantitative estimate of drug-likeness (QED) is 0.716. The fourth-order valence-electron chi connectivity index (χ4n) is 3.31. The smallest absolute Gasteiger partial charge is 0.224 e. The molecule has 2 aromatic rings. The van der Waals surface area contributed by atoms with E-state index in [1.807, 2.05) is 35.2 Å². The lowest BCUT2D eigenvalue weighted by Crippen LogP contribution is -2.36. The van der Waals surface area contributed by atoms with Crippen LogP contribution in [0.5, 0.6) is 0 Å². The van der Waals surface area contributed by atoms with Gasteiger partial charge in [-0.2, -0.15) is 0 Å². The summed E-state index contributed by atoms with van der Waals surface area (Å²) in [5.41, 5.74) is 3.46. The van der Waals surface area contributed by atoms with Crippen molar-refractivity contribution < 1.29 is 9.59 Å². The van der Waals surface area contributed by atoms with Crippen LogP contribution >= 0.6 is 0 Å². The third kappa shape index (κ3) is 5.95.